The van der Waals surface area contributed by atoms with Crippen LogP contribution in [0.5, 0.6) is 0 Å². The molecule has 0 aromatic heterocycles. The first-order valence-corrected chi connectivity index (χ1v) is 6.43. The zero-order valence-corrected chi connectivity index (χ0v) is 11.4. The van der Waals surface area contributed by atoms with Gasteiger partial charge in [-0.05, 0) is 18.1 Å². The van der Waals surface area contributed by atoms with Crippen molar-refractivity contribution in [3.63, 3.8) is 0 Å². The fourth-order valence-electron chi connectivity index (χ4n) is 1.71. The van der Waals surface area contributed by atoms with Crippen molar-refractivity contribution in [3.05, 3.63) is 29.3 Å². The van der Waals surface area contributed by atoms with Gasteiger partial charge < -0.3 is 11.1 Å². The molecule has 0 spiro atoms. The van der Waals surface area contributed by atoms with Gasteiger partial charge in [0.1, 0.15) is 4.99 Å². The van der Waals surface area contributed by atoms with Gasteiger partial charge in [0.2, 0.25) is 0 Å². The van der Waals surface area contributed by atoms with Crippen molar-refractivity contribution in [2.45, 2.75) is 26.7 Å². The Kier molecular flexibility index (Phi) is 5.47. The average Bonchev–Trinajstić information content (AvgIpc) is 2.35. The third-order valence-corrected chi connectivity index (χ3v) is 3.30. The Bertz CT molecular complexity index is 431. The molecule has 1 aromatic carbocycles. The second kappa shape index (κ2) is 6.64. The molecule has 1 rings (SSSR count). The average molecular weight is 272 g/mol. The van der Waals surface area contributed by atoms with E-state index in [4.69, 9.17) is 5.73 Å². The standard InChI is InChI=1S/C13H18F2N2S/c1-3-8(4-2)7-17-10-6-5-9(13(16)18)11(14)12(10)15/h5-6,8,17H,3-4,7H2,1-2H3,(H2,16,18). The minimum absolute atomic E-state index is 0.0596. The Morgan fingerprint density at radius 2 is 1.89 bits per heavy atom. The van der Waals surface area contributed by atoms with Crippen LogP contribution in [-0.4, -0.2) is 11.5 Å². The predicted octanol–water partition coefficient (Wildman–Crippen LogP) is 3.45. The molecule has 5 heteroatoms. The van der Waals surface area contributed by atoms with Crippen molar-refractivity contribution < 1.29 is 8.78 Å². The second-order valence-electron chi connectivity index (χ2n) is 4.22. The molecule has 0 fully saturated rings. The van der Waals surface area contributed by atoms with Crippen LogP contribution in [0.25, 0.3) is 0 Å². The molecular weight excluding hydrogens is 254 g/mol. The number of anilines is 1. The molecule has 0 saturated heterocycles. The van der Waals surface area contributed by atoms with E-state index in [9.17, 15) is 8.78 Å². The quantitative estimate of drug-likeness (QED) is 0.779. The molecule has 0 saturated carbocycles. The molecule has 3 N–H and O–H groups in total. The van der Waals surface area contributed by atoms with Crippen LogP contribution >= 0.6 is 12.2 Å². The summed E-state index contributed by atoms with van der Waals surface area (Å²) in [6.45, 7) is 4.77. The van der Waals surface area contributed by atoms with Crippen molar-refractivity contribution in [2.24, 2.45) is 11.7 Å². The molecule has 100 valence electrons. The summed E-state index contributed by atoms with van der Waals surface area (Å²) in [7, 11) is 0. The summed E-state index contributed by atoms with van der Waals surface area (Å²) in [4.78, 5) is -0.141. The lowest BCUT2D eigenvalue weighted by atomic mass is 10.0. The highest BCUT2D eigenvalue weighted by atomic mass is 32.1. The van der Waals surface area contributed by atoms with Gasteiger partial charge in [0.05, 0.1) is 5.69 Å². The highest BCUT2D eigenvalue weighted by Crippen LogP contribution is 2.21. The monoisotopic (exact) mass is 272 g/mol. The number of benzene rings is 1. The Labute approximate surface area is 112 Å². The van der Waals surface area contributed by atoms with E-state index in [2.05, 4.69) is 31.4 Å². The summed E-state index contributed by atoms with van der Waals surface area (Å²) in [5.41, 5.74) is 5.40. The van der Waals surface area contributed by atoms with Gasteiger partial charge in [-0.15, -0.1) is 0 Å². The first-order chi connectivity index (χ1) is 8.51. The normalized spacial score (nSPS) is 10.7. The smallest absolute Gasteiger partial charge is 0.182 e. The lowest BCUT2D eigenvalue weighted by Crippen LogP contribution is -2.16. The van der Waals surface area contributed by atoms with E-state index in [-0.39, 0.29) is 16.2 Å². The maximum Gasteiger partial charge on any atom is 0.182 e. The van der Waals surface area contributed by atoms with E-state index in [1.165, 1.54) is 12.1 Å². The van der Waals surface area contributed by atoms with Crippen LogP contribution in [0, 0.1) is 17.6 Å². The molecule has 0 atom stereocenters. The summed E-state index contributed by atoms with van der Waals surface area (Å²) < 4.78 is 27.3. The molecule has 18 heavy (non-hydrogen) atoms. The Morgan fingerprint density at radius 3 is 2.39 bits per heavy atom. The largest absolute Gasteiger partial charge is 0.389 e. The molecule has 0 unspecified atom stereocenters. The molecule has 2 nitrogen and oxygen atoms in total. The van der Waals surface area contributed by atoms with E-state index in [1.807, 2.05) is 0 Å². The van der Waals surface area contributed by atoms with Gasteiger partial charge in [-0.3, -0.25) is 0 Å². The van der Waals surface area contributed by atoms with Gasteiger partial charge in [-0.1, -0.05) is 38.9 Å². The van der Waals surface area contributed by atoms with E-state index in [0.29, 0.717) is 12.5 Å². The molecule has 0 bridgehead atoms. The van der Waals surface area contributed by atoms with Gasteiger partial charge in [-0.25, -0.2) is 8.78 Å². The van der Waals surface area contributed by atoms with Crippen LogP contribution in [0.1, 0.15) is 32.3 Å². The SMILES string of the molecule is CCC(CC)CNc1ccc(C(N)=S)c(F)c1F. The van der Waals surface area contributed by atoms with Crippen LogP contribution in [0.4, 0.5) is 14.5 Å². The topological polar surface area (TPSA) is 38.0 Å². The number of halogens is 2. The third-order valence-electron chi connectivity index (χ3n) is 3.08. The fraction of sp³-hybridized carbons (Fsp3) is 0.462. The molecule has 0 aliphatic heterocycles. The first-order valence-electron chi connectivity index (χ1n) is 6.02. The zero-order valence-electron chi connectivity index (χ0n) is 10.6. The van der Waals surface area contributed by atoms with Gasteiger partial charge in [0.25, 0.3) is 0 Å². The van der Waals surface area contributed by atoms with E-state index >= 15 is 0 Å². The number of hydrogen-bond acceptors (Lipinski definition) is 2. The van der Waals surface area contributed by atoms with Crippen molar-refractivity contribution >= 4 is 22.9 Å². The molecule has 0 radical (unpaired) electrons. The molecule has 1 aromatic rings. The number of nitrogens with one attached hydrogen (secondary N) is 1. The van der Waals surface area contributed by atoms with Crippen molar-refractivity contribution in [2.75, 3.05) is 11.9 Å². The minimum atomic E-state index is -0.989. The van der Waals surface area contributed by atoms with Crippen LogP contribution in [0.2, 0.25) is 0 Å². The Hall–Kier alpha value is -1.23. The van der Waals surface area contributed by atoms with E-state index in [0.717, 1.165) is 12.8 Å². The second-order valence-corrected chi connectivity index (χ2v) is 4.66. The van der Waals surface area contributed by atoms with Crippen LogP contribution in [-0.2, 0) is 0 Å². The fourth-order valence-corrected chi connectivity index (χ4v) is 1.87. The van der Waals surface area contributed by atoms with Gasteiger partial charge in [0.15, 0.2) is 11.6 Å². The molecular formula is C13H18F2N2S. The summed E-state index contributed by atoms with van der Waals surface area (Å²) >= 11 is 4.65. The predicted molar refractivity (Wildman–Crippen MR) is 74.8 cm³/mol. The summed E-state index contributed by atoms with van der Waals surface area (Å²) in [6, 6.07) is 2.87. The minimum Gasteiger partial charge on any atom is -0.389 e. The number of rotatable bonds is 6. The van der Waals surface area contributed by atoms with Gasteiger partial charge in [0, 0.05) is 12.1 Å². The van der Waals surface area contributed by atoms with Crippen molar-refractivity contribution in [1.29, 1.82) is 0 Å². The maximum absolute atomic E-state index is 13.7. The van der Waals surface area contributed by atoms with E-state index < -0.39 is 11.6 Å². The highest BCUT2D eigenvalue weighted by Gasteiger charge is 2.15. The maximum atomic E-state index is 13.7. The summed E-state index contributed by atoms with van der Waals surface area (Å²) in [5, 5.41) is 2.92. The van der Waals surface area contributed by atoms with Crippen LogP contribution in [0.15, 0.2) is 12.1 Å². The number of thiocarbonyl (C=S) groups is 1. The first kappa shape index (κ1) is 14.8. The Morgan fingerprint density at radius 1 is 1.28 bits per heavy atom. The Balaban J connectivity index is 2.86. The molecule has 0 aliphatic rings. The molecule has 0 amide bonds. The summed E-state index contributed by atoms with van der Waals surface area (Å²) in [6.07, 6.45) is 2.00. The lowest BCUT2D eigenvalue weighted by molar-refractivity contribution is 0.499. The van der Waals surface area contributed by atoms with Crippen LogP contribution in [0.3, 0.4) is 0 Å². The molecule has 0 aliphatic carbocycles. The highest BCUT2D eigenvalue weighted by molar-refractivity contribution is 7.80. The van der Waals surface area contributed by atoms with Crippen molar-refractivity contribution in [1.82, 2.24) is 0 Å². The van der Waals surface area contributed by atoms with Gasteiger partial charge >= 0.3 is 0 Å². The summed E-state index contributed by atoms with van der Waals surface area (Å²) in [5.74, 6) is -1.47. The van der Waals surface area contributed by atoms with Crippen LogP contribution < -0.4 is 11.1 Å². The third kappa shape index (κ3) is 3.38. The zero-order chi connectivity index (χ0) is 13.7. The lowest BCUT2D eigenvalue weighted by Gasteiger charge is -2.15. The molecule has 0 heterocycles. The van der Waals surface area contributed by atoms with Gasteiger partial charge in [-0.2, -0.15) is 0 Å². The van der Waals surface area contributed by atoms with Crippen molar-refractivity contribution in [3.8, 4) is 0 Å². The van der Waals surface area contributed by atoms with E-state index in [1.54, 1.807) is 0 Å². The number of nitrogens with two attached hydrogens (primary N) is 1. The number of hydrogen-bond donors (Lipinski definition) is 2.